The van der Waals surface area contributed by atoms with Crippen molar-refractivity contribution in [3.8, 4) is 0 Å². The minimum absolute atomic E-state index is 0.525. The third-order valence-electron chi connectivity index (χ3n) is 3.66. The second kappa shape index (κ2) is 2.74. The quantitative estimate of drug-likeness (QED) is 0.739. The van der Waals surface area contributed by atoms with Crippen LogP contribution in [0.15, 0.2) is 12.3 Å². The zero-order chi connectivity index (χ0) is 10.6. The van der Waals surface area contributed by atoms with Gasteiger partial charge in [-0.3, -0.25) is 4.68 Å². The minimum atomic E-state index is -0.786. The van der Waals surface area contributed by atoms with Gasteiger partial charge in [0, 0.05) is 37.9 Å². The topological polar surface area (TPSA) is 58.4 Å². The molecule has 1 amide bonds. The summed E-state index contributed by atoms with van der Waals surface area (Å²) < 4.78 is 1.90. The number of nitrogens with zero attached hydrogens (tertiary/aromatic N) is 3. The Hall–Kier alpha value is -1.52. The van der Waals surface area contributed by atoms with Crippen molar-refractivity contribution in [1.29, 1.82) is 0 Å². The highest BCUT2D eigenvalue weighted by atomic mass is 16.4. The van der Waals surface area contributed by atoms with Gasteiger partial charge in [-0.2, -0.15) is 5.10 Å². The Bertz CT molecular complexity index is 403. The second-order valence-electron chi connectivity index (χ2n) is 4.42. The van der Waals surface area contributed by atoms with Gasteiger partial charge in [0.05, 0.1) is 0 Å². The van der Waals surface area contributed by atoms with E-state index in [-0.39, 0.29) is 0 Å². The highest BCUT2D eigenvalue weighted by Gasteiger charge is 2.58. The standard InChI is InChI=1S/C10H13N3O2/c1-12-8(2-3-11-12)9-6-4-13(10(14)15)5-7(6)9/h2-3,6-7,9H,4-5H2,1H3,(H,14,15)/t6-,7+,9-. The van der Waals surface area contributed by atoms with E-state index < -0.39 is 6.09 Å². The highest BCUT2D eigenvalue weighted by molar-refractivity contribution is 5.66. The molecule has 2 heterocycles. The first-order valence-electron chi connectivity index (χ1n) is 5.14. The maximum absolute atomic E-state index is 10.7. The van der Waals surface area contributed by atoms with Gasteiger partial charge in [0.25, 0.3) is 0 Å². The van der Waals surface area contributed by atoms with E-state index in [9.17, 15) is 4.79 Å². The summed E-state index contributed by atoms with van der Waals surface area (Å²) in [7, 11) is 1.94. The third kappa shape index (κ3) is 1.15. The zero-order valence-corrected chi connectivity index (χ0v) is 8.50. The van der Waals surface area contributed by atoms with E-state index in [2.05, 4.69) is 5.10 Å². The highest BCUT2D eigenvalue weighted by Crippen LogP contribution is 2.57. The van der Waals surface area contributed by atoms with Crippen molar-refractivity contribution < 1.29 is 9.90 Å². The van der Waals surface area contributed by atoms with Gasteiger partial charge in [-0.25, -0.2) is 4.79 Å². The molecule has 1 aromatic rings. The van der Waals surface area contributed by atoms with Crippen molar-refractivity contribution in [1.82, 2.24) is 14.7 Å². The number of piperidine rings is 1. The average Bonchev–Trinajstić information content (AvgIpc) is 2.63. The van der Waals surface area contributed by atoms with Crippen LogP contribution in [-0.2, 0) is 7.05 Å². The van der Waals surface area contributed by atoms with Gasteiger partial charge < -0.3 is 10.0 Å². The van der Waals surface area contributed by atoms with Gasteiger partial charge in [-0.05, 0) is 17.9 Å². The summed E-state index contributed by atoms with van der Waals surface area (Å²) in [4.78, 5) is 12.3. The number of hydrogen-bond donors (Lipinski definition) is 1. The summed E-state index contributed by atoms with van der Waals surface area (Å²) in [5, 5.41) is 13.0. The summed E-state index contributed by atoms with van der Waals surface area (Å²) in [6.45, 7) is 1.38. The fourth-order valence-electron chi connectivity index (χ4n) is 2.83. The summed E-state index contributed by atoms with van der Waals surface area (Å²) >= 11 is 0. The molecule has 1 N–H and O–H groups in total. The van der Waals surface area contributed by atoms with Crippen LogP contribution in [0, 0.1) is 11.8 Å². The number of rotatable bonds is 1. The molecule has 0 radical (unpaired) electrons. The van der Waals surface area contributed by atoms with Gasteiger partial charge >= 0.3 is 6.09 Å². The van der Waals surface area contributed by atoms with Crippen LogP contribution in [0.5, 0.6) is 0 Å². The Morgan fingerprint density at radius 2 is 2.20 bits per heavy atom. The van der Waals surface area contributed by atoms with Crippen molar-refractivity contribution >= 4 is 6.09 Å². The molecule has 2 aliphatic rings. The van der Waals surface area contributed by atoms with Crippen LogP contribution in [0.3, 0.4) is 0 Å². The Balaban J connectivity index is 1.73. The van der Waals surface area contributed by atoms with E-state index in [4.69, 9.17) is 5.11 Å². The molecule has 15 heavy (non-hydrogen) atoms. The number of likely N-dealkylation sites (tertiary alicyclic amines) is 1. The largest absolute Gasteiger partial charge is 0.465 e. The van der Waals surface area contributed by atoms with Crippen LogP contribution in [0.4, 0.5) is 4.79 Å². The molecule has 1 aromatic heterocycles. The van der Waals surface area contributed by atoms with E-state index in [1.54, 1.807) is 6.20 Å². The molecule has 1 saturated heterocycles. The number of aromatic nitrogens is 2. The Morgan fingerprint density at radius 3 is 2.67 bits per heavy atom. The number of amides is 1. The van der Waals surface area contributed by atoms with Crippen molar-refractivity contribution in [3.63, 3.8) is 0 Å². The summed E-state index contributed by atoms with van der Waals surface area (Å²) in [6.07, 6.45) is 1.02. The molecule has 5 nitrogen and oxygen atoms in total. The molecule has 0 spiro atoms. The van der Waals surface area contributed by atoms with Crippen LogP contribution in [0.25, 0.3) is 0 Å². The molecule has 0 unspecified atom stereocenters. The van der Waals surface area contributed by atoms with Gasteiger partial charge in [-0.15, -0.1) is 0 Å². The Labute approximate surface area is 87.3 Å². The molecule has 0 bridgehead atoms. The second-order valence-corrected chi connectivity index (χ2v) is 4.42. The van der Waals surface area contributed by atoms with E-state index in [0.29, 0.717) is 30.8 Å². The lowest BCUT2D eigenvalue weighted by molar-refractivity contribution is 0.150. The summed E-state index contributed by atoms with van der Waals surface area (Å²) in [5.41, 5.74) is 1.25. The SMILES string of the molecule is Cn1nccc1[C@@H]1[C@@H]2CN(C(=O)O)C[C@@H]21. The lowest BCUT2D eigenvalue weighted by atomic mass is 10.2. The number of hydrogen-bond acceptors (Lipinski definition) is 2. The van der Waals surface area contributed by atoms with Gasteiger partial charge in [-0.1, -0.05) is 0 Å². The summed E-state index contributed by atoms with van der Waals surface area (Å²) in [6, 6.07) is 2.04. The van der Waals surface area contributed by atoms with Crippen molar-refractivity contribution in [2.24, 2.45) is 18.9 Å². The third-order valence-corrected chi connectivity index (χ3v) is 3.66. The Kier molecular flexibility index (Phi) is 1.60. The van der Waals surface area contributed by atoms with Gasteiger partial charge in [0.1, 0.15) is 0 Å². The molecule has 1 aliphatic carbocycles. The molecular formula is C10H13N3O2. The molecule has 3 rings (SSSR count). The predicted molar refractivity (Wildman–Crippen MR) is 52.5 cm³/mol. The number of fused-ring (bicyclic) bond motifs is 1. The first-order chi connectivity index (χ1) is 7.18. The molecule has 0 aromatic carbocycles. The Morgan fingerprint density at radius 1 is 1.53 bits per heavy atom. The molecule has 1 aliphatic heterocycles. The van der Waals surface area contributed by atoms with Gasteiger partial charge in [0.15, 0.2) is 0 Å². The fourth-order valence-corrected chi connectivity index (χ4v) is 2.83. The molecule has 2 fully saturated rings. The lowest BCUT2D eigenvalue weighted by Gasteiger charge is -2.15. The van der Waals surface area contributed by atoms with Crippen LogP contribution >= 0.6 is 0 Å². The van der Waals surface area contributed by atoms with E-state index >= 15 is 0 Å². The summed E-state index contributed by atoms with van der Waals surface area (Å²) in [5.74, 6) is 1.58. The maximum Gasteiger partial charge on any atom is 0.407 e. The lowest BCUT2D eigenvalue weighted by Crippen LogP contribution is -2.29. The monoisotopic (exact) mass is 207 g/mol. The normalized spacial score (nSPS) is 32.9. The first-order valence-corrected chi connectivity index (χ1v) is 5.14. The molecule has 5 heteroatoms. The average molecular weight is 207 g/mol. The van der Waals surface area contributed by atoms with Gasteiger partial charge in [0.2, 0.25) is 0 Å². The van der Waals surface area contributed by atoms with E-state index in [0.717, 1.165) is 0 Å². The number of carboxylic acid groups (broad SMARTS) is 1. The van der Waals surface area contributed by atoms with Crippen LogP contribution < -0.4 is 0 Å². The molecule has 80 valence electrons. The fraction of sp³-hybridized carbons (Fsp3) is 0.600. The molecular weight excluding hydrogens is 194 g/mol. The zero-order valence-electron chi connectivity index (χ0n) is 8.50. The number of carbonyl (C=O) groups is 1. The van der Waals surface area contributed by atoms with Crippen LogP contribution in [0.1, 0.15) is 11.6 Å². The van der Waals surface area contributed by atoms with Crippen molar-refractivity contribution in [2.45, 2.75) is 5.92 Å². The minimum Gasteiger partial charge on any atom is -0.465 e. The van der Waals surface area contributed by atoms with Crippen molar-refractivity contribution in [2.75, 3.05) is 13.1 Å². The first kappa shape index (κ1) is 8.76. The maximum atomic E-state index is 10.7. The molecule has 1 saturated carbocycles. The smallest absolute Gasteiger partial charge is 0.407 e. The number of aryl methyl sites for hydroxylation is 1. The van der Waals surface area contributed by atoms with E-state index in [1.165, 1.54) is 10.6 Å². The van der Waals surface area contributed by atoms with Crippen LogP contribution in [-0.4, -0.2) is 39.0 Å². The molecule has 3 atom stereocenters. The van der Waals surface area contributed by atoms with Crippen LogP contribution in [0.2, 0.25) is 0 Å². The van der Waals surface area contributed by atoms with Crippen molar-refractivity contribution in [3.05, 3.63) is 18.0 Å². The van der Waals surface area contributed by atoms with E-state index in [1.807, 2.05) is 17.8 Å². The predicted octanol–water partition coefficient (Wildman–Crippen LogP) is 0.743.